The lowest BCUT2D eigenvalue weighted by molar-refractivity contribution is -0.138. The van der Waals surface area contributed by atoms with Gasteiger partial charge < -0.3 is 19.5 Å². The summed E-state index contributed by atoms with van der Waals surface area (Å²) < 4.78 is 44.2. The van der Waals surface area contributed by atoms with Crippen LogP contribution in [0.3, 0.4) is 0 Å². The highest BCUT2D eigenvalue weighted by atomic mass is 19.4. The van der Waals surface area contributed by atoms with Crippen molar-refractivity contribution in [1.82, 2.24) is 9.47 Å². The van der Waals surface area contributed by atoms with Crippen molar-refractivity contribution in [3.8, 4) is 0 Å². The van der Waals surface area contributed by atoms with Gasteiger partial charge in [0.05, 0.1) is 18.8 Å². The quantitative estimate of drug-likeness (QED) is 0.838. The molecule has 7 nitrogen and oxygen atoms in total. The third kappa shape index (κ3) is 5.23. The Bertz CT molecular complexity index is 948. The second-order valence-corrected chi connectivity index (χ2v) is 6.41. The summed E-state index contributed by atoms with van der Waals surface area (Å²) >= 11 is 0. The molecule has 1 aliphatic heterocycles. The van der Waals surface area contributed by atoms with Gasteiger partial charge in [-0.15, -0.1) is 0 Å². The first-order valence-corrected chi connectivity index (χ1v) is 8.79. The first-order chi connectivity index (χ1) is 13.7. The summed E-state index contributed by atoms with van der Waals surface area (Å²) in [5, 5.41) is 2.50. The molecule has 1 aromatic carbocycles. The number of anilines is 1. The molecule has 2 heterocycles. The summed E-state index contributed by atoms with van der Waals surface area (Å²) in [6.45, 7) is 1.40. The number of carbonyl (C=O) groups is 2. The molecule has 10 heteroatoms. The van der Waals surface area contributed by atoms with Crippen LogP contribution in [0.15, 0.2) is 47.4 Å². The van der Waals surface area contributed by atoms with Crippen LogP contribution in [0.2, 0.25) is 0 Å². The first-order valence-electron chi connectivity index (χ1n) is 8.79. The number of nitrogens with zero attached hydrogens (tertiary/aromatic N) is 2. The van der Waals surface area contributed by atoms with Crippen LogP contribution >= 0.6 is 0 Å². The monoisotopic (exact) mass is 409 g/mol. The zero-order chi connectivity index (χ0) is 21.0. The van der Waals surface area contributed by atoms with Crippen molar-refractivity contribution in [2.75, 3.05) is 31.6 Å². The molecule has 1 fully saturated rings. The lowest BCUT2D eigenvalue weighted by atomic mass is 10.1. The number of hydrogen-bond acceptors (Lipinski definition) is 4. The van der Waals surface area contributed by atoms with Crippen LogP contribution < -0.4 is 10.9 Å². The van der Waals surface area contributed by atoms with E-state index in [0.717, 1.165) is 6.07 Å². The number of rotatable bonds is 4. The van der Waals surface area contributed by atoms with Crippen LogP contribution in [0, 0.1) is 0 Å². The van der Waals surface area contributed by atoms with E-state index in [-0.39, 0.29) is 5.91 Å². The van der Waals surface area contributed by atoms with Crippen molar-refractivity contribution >= 4 is 17.5 Å². The summed E-state index contributed by atoms with van der Waals surface area (Å²) in [6.07, 6.45) is -4.01. The molecule has 0 bridgehead atoms. The molecule has 0 atom stereocenters. The maximum atomic E-state index is 12.8. The molecule has 0 unspecified atom stereocenters. The Morgan fingerprint density at radius 2 is 1.69 bits per heavy atom. The molecular weight excluding hydrogens is 391 g/mol. The van der Waals surface area contributed by atoms with E-state index in [1.807, 2.05) is 0 Å². The van der Waals surface area contributed by atoms with E-state index in [0.29, 0.717) is 54.4 Å². The number of alkyl halides is 3. The summed E-state index contributed by atoms with van der Waals surface area (Å²) in [7, 11) is 0. The van der Waals surface area contributed by atoms with Crippen molar-refractivity contribution in [1.29, 1.82) is 0 Å². The van der Waals surface area contributed by atoms with Gasteiger partial charge in [-0.3, -0.25) is 14.4 Å². The molecule has 154 valence electrons. The second-order valence-electron chi connectivity index (χ2n) is 6.41. The van der Waals surface area contributed by atoms with Crippen LogP contribution in [0.25, 0.3) is 0 Å². The molecular formula is C19H18F3N3O4. The summed E-state index contributed by atoms with van der Waals surface area (Å²) in [4.78, 5) is 37.9. The van der Waals surface area contributed by atoms with Crippen molar-refractivity contribution in [2.24, 2.45) is 0 Å². The zero-order valence-electron chi connectivity index (χ0n) is 15.2. The topological polar surface area (TPSA) is 80.6 Å². The molecule has 0 aliphatic carbocycles. The van der Waals surface area contributed by atoms with Crippen LogP contribution in [0.4, 0.5) is 18.9 Å². The fraction of sp³-hybridized carbons (Fsp3) is 0.316. The van der Waals surface area contributed by atoms with Gasteiger partial charge in [0.25, 0.3) is 11.5 Å². The third-order valence-electron chi connectivity index (χ3n) is 4.34. The van der Waals surface area contributed by atoms with E-state index in [9.17, 15) is 27.6 Å². The Kier molecular flexibility index (Phi) is 6.02. The molecule has 0 saturated carbocycles. The first kappa shape index (κ1) is 20.6. The summed E-state index contributed by atoms with van der Waals surface area (Å²) in [6, 6.07) is 7.55. The summed E-state index contributed by atoms with van der Waals surface area (Å²) in [5.41, 5.74) is -0.942. The van der Waals surface area contributed by atoms with Crippen molar-refractivity contribution in [3.05, 3.63) is 64.1 Å². The SMILES string of the molecule is O=C(Cn1cc(C(F)(F)F)ccc1=O)Nc1ccc(C(=O)N2CCOCC2)cc1. The summed E-state index contributed by atoms with van der Waals surface area (Å²) in [5.74, 6) is -0.819. The lowest BCUT2D eigenvalue weighted by Gasteiger charge is -2.26. The molecule has 1 aliphatic rings. The Morgan fingerprint density at radius 3 is 2.31 bits per heavy atom. The Hall–Kier alpha value is -3.14. The number of hydrogen-bond donors (Lipinski definition) is 1. The van der Waals surface area contributed by atoms with Gasteiger partial charge in [0.2, 0.25) is 5.91 Å². The number of halogens is 3. The van der Waals surface area contributed by atoms with E-state index in [2.05, 4.69) is 5.32 Å². The van der Waals surface area contributed by atoms with Crippen molar-refractivity contribution in [3.63, 3.8) is 0 Å². The Morgan fingerprint density at radius 1 is 1.03 bits per heavy atom. The van der Waals surface area contributed by atoms with E-state index in [4.69, 9.17) is 4.74 Å². The molecule has 1 N–H and O–H groups in total. The highest BCUT2D eigenvalue weighted by molar-refractivity contribution is 5.95. The van der Waals surface area contributed by atoms with Crippen molar-refractivity contribution in [2.45, 2.75) is 12.7 Å². The number of amides is 2. The molecule has 0 spiro atoms. The molecule has 3 rings (SSSR count). The van der Waals surface area contributed by atoms with E-state index in [1.165, 1.54) is 12.1 Å². The highest BCUT2D eigenvalue weighted by Crippen LogP contribution is 2.28. The number of pyridine rings is 1. The lowest BCUT2D eigenvalue weighted by Crippen LogP contribution is -2.40. The number of ether oxygens (including phenoxy) is 1. The van der Waals surface area contributed by atoms with Gasteiger partial charge in [0, 0.05) is 36.6 Å². The van der Waals surface area contributed by atoms with Crippen LogP contribution in [-0.4, -0.2) is 47.6 Å². The normalized spacial score (nSPS) is 14.5. The number of benzene rings is 1. The number of morpholine rings is 1. The van der Waals surface area contributed by atoms with Crippen LogP contribution in [0.1, 0.15) is 15.9 Å². The van der Waals surface area contributed by atoms with Gasteiger partial charge in [-0.1, -0.05) is 0 Å². The van der Waals surface area contributed by atoms with Gasteiger partial charge in [-0.25, -0.2) is 0 Å². The average molecular weight is 409 g/mol. The van der Waals surface area contributed by atoms with Crippen LogP contribution in [-0.2, 0) is 22.3 Å². The standard InChI is InChI=1S/C19H18F3N3O4/c20-19(21,22)14-3-6-17(27)25(11-14)12-16(26)23-15-4-1-13(2-5-15)18(28)24-7-9-29-10-8-24/h1-6,11H,7-10,12H2,(H,23,26). The number of carbonyl (C=O) groups excluding carboxylic acids is 2. The van der Waals surface area contributed by atoms with Gasteiger partial charge in [0.15, 0.2) is 0 Å². The van der Waals surface area contributed by atoms with Gasteiger partial charge in [-0.05, 0) is 30.3 Å². The van der Waals surface area contributed by atoms with Gasteiger partial charge in [-0.2, -0.15) is 13.2 Å². The molecule has 29 heavy (non-hydrogen) atoms. The smallest absolute Gasteiger partial charge is 0.378 e. The largest absolute Gasteiger partial charge is 0.417 e. The average Bonchev–Trinajstić information content (AvgIpc) is 2.69. The van der Waals surface area contributed by atoms with E-state index < -0.39 is 29.8 Å². The predicted octanol–water partition coefficient (Wildman–Crippen LogP) is 1.98. The number of aromatic nitrogens is 1. The molecule has 1 saturated heterocycles. The Balaban J connectivity index is 1.64. The molecule has 1 aromatic heterocycles. The molecule has 0 radical (unpaired) electrons. The maximum Gasteiger partial charge on any atom is 0.417 e. The third-order valence-corrected chi connectivity index (χ3v) is 4.34. The molecule has 2 aromatic rings. The predicted molar refractivity (Wildman–Crippen MR) is 97.5 cm³/mol. The number of nitrogens with one attached hydrogen (secondary N) is 1. The Labute approximate surface area is 163 Å². The van der Waals surface area contributed by atoms with Gasteiger partial charge >= 0.3 is 6.18 Å². The van der Waals surface area contributed by atoms with Crippen molar-refractivity contribution < 1.29 is 27.5 Å². The fourth-order valence-electron chi connectivity index (χ4n) is 2.82. The van der Waals surface area contributed by atoms with E-state index in [1.54, 1.807) is 17.0 Å². The van der Waals surface area contributed by atoms with Crippen LogP contribution in [0.5, 0.6) is 0 Å². The minimum atomic E-state index is -4.62. The minimum absolute atomic E-state index is 0.151. The zero-order valence-corrected chi connectivity index (χ0v) is 15.2. The van der Waals surface area contributed by atoms with E-state index >= 15 is 0 Å². The second kappa shape index (κ2) is 8.48. The fourth-order valence-corrected chi connectivity index (χ4v) is 2.82. The molecule has 2 amide bonds. The maximum absolute atomic E-state index is 12.8. The highest BCUT2D eigenvalue weighted by Gasteiger charge is 2.31. The van der Waals surface area contributed by atoms with Gasteiger partial charge in [0.1, 0.15) is 6.54 Å². The minimum Gasteiger partial charge on any atom is -0.378 e.